The monoisotopic (exact) mass is 382 g/mol. The van der Waals surface area contributed by atoms with Gasteiger partial charge >= 0.3 is 11.9 Å². The van der Waals surface area contributed by atoms with Crippen LogP contribution in [0.3, 0.4) is 0 Å². The number of carboxylic acid groups (broad SMARTS) is 2. The number of likely N-dealkylation sites (N-methyl/N-ethyl adjacent to an activating group) is 1. The summed E-state index contributed by atoms with van der Waals surface area (Å²) in [7, 11) is 2.20. The molecule has 1 saturated heterocycles. The minimum absolute atomic E-state index is 0.689. The largest absolute Gasteiger partial charge is 0.494 e. The molecular formula is C19H30N2O6. The van der Waals surface area contributed by atoms with Crippen molar-refractivity contribution in [1.82, 2.24) is 9.80 Å². The van der Waals surface area contributed by atoms with Gasteiger partial charge in [0.15, 0.2) is 0 Å². The van der Waals surface area contributed by atoms with Crippen LogP contribution in [-0.4, -0.2) is 84.9 Å². The number of unbranched alkanes of at least 4 members (excludes halogenated alkanes) is 1. The number of rotatable bonds is 8. The van der Waals surface area contributed by atoms with Gasteiger partial charge in [-0.2, -0.15) is 0 Å². The van der Waals surface area contributed by atoms with Gasteiger partial charge in [-0.05, 0) is 45.5 Å². The van der Waals surface area contributed by atoms with E-state index < -0.39 is 11.9 Å². The molecule has 0 unspecified atom stereocenters. The molecule has 1 aliphatic rings. The minimum Gasteiger partial charge on any atom is -0.494 e. The Kier molecular flexibility index (Phi) is 10.9. The first-order valence-electron chi connectivity index (χ1n) is 9.15. The number of carbonyl (C=O) groups is 2. The van der Waals surface area contributed by atoms with E-state index in [0.717, 1.165) is 24.5 Å². The molecule has 152 valence electrons. The molecule has 0 radical (unpaired) electrons. The van der Waals surface area contributed by atoms with Crippen molar-refractivity contribution in [2.75, 3.05) is 53.0 Å². The maximum absolute atomic E-state index is 9.10. The van der Waals surface area contributed by atoms with Crippen LogP contribution < -0.4 is 9.47 Å². The molecule has 0 saturated carbocycles. The Balaban J connectivity index is 0.000000527. The predicted octanol–water partition coefficient (Wildman–Crippen LogP) is 1.65. The molecule has 0 aliphatic carbocycles. The molecule has 0 spiro atoms. The van der Waals surface area contributed by atoms with Crippen LogP contribution in [0.4, 0.5) is 0 Å². The van der Waals surface area contributed by atoms with E-state index in [0.29, 0.717) is 6.61 Å². The first-order chi connectivity index (χ1) is 12.9. The molecule has 0 bridgehead atoms. The first-order valence-corrected chi connectivity index (χ1v) is 9.15. The Labute approximate surface area is 160 Å². The lowest BCUT2D eigenvalue weighted by Gasteiger charge is -2.32. The van der Waals surface area contributed by atoms with Crippen molar-refractivity contribution in [3.05, 3.63) is 24.3 Å². The molecule has 1 aromatic carbocycles. The van der Waals surface area contributed by atoms with Crippen molar-refractivity contribution in [2.45, 2.75) is 19.8 Å². The zero-order chi connectivity index (χ0) is 20.1. The molecule has 2 N–H and O–H groups in total. The number of hydrogen-bond acceptors (Lipinski definition) is 6. The van der Waals surface area contributed by atoms with Crippen LogP contribution in [0.1, 0.15) is 19.8 Å². The summed E-state index contributed by atoms with van der Waals surface area (Å²) < 4.78 is 11.3. The maximum atomic E-state index is 9.10. The molecule has 1 aliphatic heterocycles. The van der Waals surface area contributed by atoms with Gasteiger partial charge in [0.25, 0.3) is 0 Å². The fraction of sp³-hybridized carbons (Fsp3) is 0.579. The quantitative estimate of drug-likeness (QED) is 0.517. The Morgan fingerprint density at radius 1 is 1.00 bits per heavy atom. The summed E-state index contributed by atoms with van der Waals surface area (Å²) in [5.41, 5.74) is 0. The lowest BCUT2D eigenvalue weighted by molar-refractivity contribution is -0.159. The van der Waals surface area contributed by atoms with Crippen LogP contribution in [-0.2, 0) is 9.59 Å². The van der Waals surface area contributed by atoms with Crippen molar-refractivity contribution < 1.29 is 29.3 Å². The number of carboxylic acids is 2. The van der Waals surface area contributed by atoms with E-state index in [1.54, 1.807) is 0 Å². The van der Waals surface area contributed by atoms with Gasteiger partial charge < -0.3 is 29.5 Å². The van der Waals surface area contributed by atoms with Crippen LogP contribution in [0.5, 0.6) is 11.5 Å². The Bertz CT molecular complexity index is 561. The molecule has 2 rings (SSSR count). The molecule has 0 aromatic heterocycles. The zero-order valence-corrected chi connectivity index (χ0v) is 16.1. The smallest absolute Gasteiger partial charge is 0.414 e. The van der Waals surface area contributed by atoms with Gasteiger partial charge in [0, 0.05) is 32.2 Å². The van der Waals surface area contributed by atoms with E-state index in [4.69, 9.17) is 29.3 Å². The lowest BCUT2D eigenvalue weighted by Crippen LogP contribution is -2.44. The maximum Gasteiger partial charge on any atom is 0.414 e. The normalized spacial score (nSPS) is 14.7. The SMILES string of the molecule is CCOc1cccc(OCCCCN2CCN(C)CC2)c1.O=C(O)C(=O)O. The van der Waals surface area contributed by atoms with Crippen LogP contribution in [0.2, 0.25) is 0 Å². The predicted molar refractivity (Wildman–Crippen MR) is 102 cm³/mol. The Morgan fingerprint density at radius 2 is 1.59 bits per heavy atom. The van der Waals surface area contributed by atoms with E-state index in [1.165, 1.54) is 39.1 Å². The Morgan fingerprint density at radius 3 is 2.15 bits per heavy atom. The topological polar surface area (TPSA) is 99.5 Å². The highest BCUT2D eigenvalue weighted by atomic mass is 16.5. The summed E-state index contributed by atoms with van der Waals surface area (Å²) in [5, 5.41) is 14.8. The second-order valence-corrected chi connectivity index (χ2v) is 6.22. The summed E-state index contributed by atoms with van der Waals surface area (Å²) in [6.07, 6.45) is 2.31. The molecule has 8 nitrogen and oxygen atoms in total. The van der Waals surface area contributed by atoms with Gasteiger partial charge in [0.1, 0.15) is 11.5 Å². The number of hydrogen-bond donors (Lipinski definition) is 2. The molecular weight excluding hydrogens is 352 g/mol. The van der Waals surface area contributed by atoms with E-state index >= 15 is 0 Å². The number of aliphatic carboxylic acids is 2. The fourth-order valence-electron chi connectivity index (χ4n) is 2.52. The summed E-state index contributed by atoms with van der Waals surface area (Å²) in [6, 6.07) is 7.89. The second-order valence-electron chi connectivity index (χ2n) is 6.22. The summed E-state index contributed by atoms with van der Waals surface area (Å²) in [6.45, 7) is 9.45. The third kappa shape index (κ3) is 10.4. The van der Waals surface area contributed by atoms with Crippen LogP contribution in [0.25, 0.3) is 0 Å². The van der Waals surface area contributed by atoms with Gasteiger partial charge in [-0.25, -0.2) is 9.59 Å². The minimum atomic E-state index is -1.82. The average Bonchev–Trinajstić information content (AvgIpc) is 2.64. The third-order valence-corrected chi connectivity index (χ3v) is 4.03. The number of piperazine rings is 1. The lowest BCUT2D eigenvalue weighted by atomic mass is 10.2. The van der Waals surface area contributed by atoms with Gasteiger partial charge in [0.2, 0.25) is 0 Å². The van der Waals surface area contributed by atoms with Gasteiger partial charge in [-0.15, -0.1) is 0 Å². The number of nitrogens with zero attached hydrogens (tertiary/aromatic N) is 2. The molecule has 1 fully saturated rings. The molecule has 0 atom stereocenters. The standard InChI is InChI=1S/C17H28N2O2.C2H2O4/c1-3-20-16-7-6-8-17(15-16)21-14-5-4-9-19-12-10-18(2)11-13-19;3-1(4)2(5)6/h6-8,15H,3-5,9-14H2,1-2H3;(H,3,4)(H,5,6). The Hall–Kier alpha value is -2.32. The van der Waals surface area contributed by atoms with Crippen molar-refractivity contribution in [1.29, 1.82) is 0 Å². The van der Waals surface area contributed by atoms with Gasteiger partial charge in [-0.3, -0.25) is 0 Å². The number of benzene rings is 1. The molecule has 0 amide bonds. The van der Waals surface area contributed by atoms with Crippen LogP contribution in [0.15, 0.2) is 24.3 Å². The van der Waals surface area contributed by atoms with Crippen molar-refractivity contribution in [3.8, 4) is 11.5 Å². The van der Waals surface area contributed by atoms with Crippen molar-refractivity contribution in [2.24, 2.45) is 0 Å². The zero-order valence-electron chi connectivity index (χ0n) is 16.1. The van der Waals surface area contributed by atoms with E-state index in [1.807, 2.05) is 31.2 Å². The van der Waals surface area contributed by atoms with Crippen LogP contribution in [0, 0.1) is 0 Å². The molecule has 1 aromatic rings. The highest BCUT2D eigenvalue weighted by molar-refractivity contribution is 6.27. The highest BCUT2D eigenvalue weighted by Crippen LogP contribution is 2.19. The second kappa shape index (κ2) is 12.9. The van der Waals surface area contributed by atoms with E-state index in [2.05, 4.69) is 16.8 Å². The fourth-order valence-corrected chi connectivity index (χ4v) is 2.52. The summed E-state index contributed by atoms with van der Waals surface area (Å²) in [4.78, 5) is 23.1. The molecule has 27 heavy (non-hydrogen) atoms. The van der Waals surface area contributed by atoms with E-state index in [9.17, 15) is 0 Å². The van der Waals surface area contributed by atoms with E-state index in [-0.39, 0.29) is 0 Å². The summed E-state index contributed by atoms with van der Waals surface area (Å²) in [5.74, 6) is -1.86. The summed E-state index contributed by atoms with van der Waals surface area (Å²) >= 11 is 0. The van der Waals surface area contributed by atoms with Crippen molar-refractivity contribution in [3.63, 3.8) is 0 Å². The number of ether oxygens (including phenoxy) is 2. The average molecular weight is 382 g/mol. The molecule has 8 heteroatoms. The molecule has 1 heterocycles. The highest BCUT2D eigenvalue weighted by Gasteiger charge is 2.12. The van der Waals surface area contributed by atoms with Crippen molar-refractivity contribution >= 4 is 11.9 Å². The van der Waals surface area contributed by atoms with Gasteiger partial charge in [0.05, 0.1) is 13.2 Å². The third-order valence-electron chi connectivity index (χ3n) is 4.03. The van der Waals surface area contributed by atoms with Crippen LogP contribution >= 0.6 is 0 Å². The first kappa shape index (κ1) is 22.7. The van der Waals surface area contributed by atoms with Gasteiger partial charge in [-0.1, -0.05) is 6.07 Å².